The van der Waals surface area contributed by atoms with Crippen LogP contribution in [-0.2, 0) is 9.59 Å². The van der Waals surface area contributed by atoms with Gasteiger partial charge in [0.25, 0.3) is 0 Å². The maximum atomic E-state index is 12.2. The summed E-state index contributed by atoms with van der Waals surface area (Å²) in [7, 11) is 1.64. The molecule has 0 radical (unpaired) electrons. The molecular weight excluding hydrogens is 230 g/mol. The maximum absolute atomic E-state index is 12.2. The summed E-state index contributed by atoms with van der Waals surface area (Å²) < 4.78 is 0. The van der Waals surface area contributed by atoms with E-state index in [0.29, 0.717) is 6.04 Å². The summed E-state index contributed by atoms with van der Waals surface area (Å²) in [5, 5.41) is 5.72. The van der Waals surface area contributed by atoms with Crippen LogP contribution in [0.4, 0.5) is 0 Å². The molecule has 1 saturated heterocycles. The lowest BCUT2D eigenvalue weighted by atomic mass is 10.00. The molecule has 2 fully saturated rings. The Morgan fingerprint density at radius 1 is 1.22 bits per heavy atom. The van der Waals surface area contributed by atoms with Gasteiger partial charge >= 0.3 is 0 Å². The second-order valence-corrected chi connectivity index (χ2v) is 5.77. The van der Waals surface area contributed by atoms with E-state index in [1.165, 1.54) is 0 Å². The minimum absolute atomic E-state index is 0.0337. The van der Waals surface area contributed by atoms with E-state index in [1.54, 1.807) is 7.05 Å². The monoisotopic (exact) mass is 253 g/mol. The van der Waals surface area contributed by atoms with Gasteiger partial charge in [-0.1, -0.05) is 0 Å². The molecule has 5 nitrogen and oxygen atoms in total. The molecule has 1 heterocycles. The fourth-order valence-electron chi connectivity index (χ4n) is 2.67. The summed E-state index contributed by atoms with van der Waals surface area (Å²) in [5.74, 6) is 0.0561. The normalized spacial score (nSPS) is 24.9. The van der Waals surface area contributed by atoms with Crippen molar-refractivity contribution in [3.63, 3.8) is 0 Å². The molecule has 2 amide bonds. The molecule has 0 bridgehead atoms. The quantitative estimate of drug-likeness (QED) is 0.755. The van der Waals surface area contributed by atoms with Crippen molar-refractivity contribution in [3.8, 4) is 0 Å². The summed E-state index contributed by atoms with van der Waals surface area (Å²) >= 11 is 0. The SMILES string of the molecule is CNC(=O)C(C)(C)N1CCC[C@H]1C(=O)NC1CC1. The van der Waals surface area contributed by atoms with Crippen LogP contribution in [0.15, 0.2) is 0 Å². The molecule has 18 heavy (non-hydrogen) atoms. The Bertz CT molecular complexity index is 350. The molecule has 0 unspecified atom stereocenters. The van der Waals surface area contributed by atoms with E-state index in [1.807, 2.05) is 18.7 Å². The lowest BCUT2D eigenvalue weighted by molar-refractivity contribution is -0.136. The number of rotatable bonds is 4. The third-order valence-electron chi connectivity index (χ3n) is 3.98. The molecule has 102 valence electrons. The summed E-state index contributed by atoms with van der Waals surface area (Å²) in [6, 6.07) is 0.223. The van der Waals surface area contributed by atoms with Gasteiger partial charge in [-0.3, -0.25) is 14.5 Å². The Balaban J connectivity index is 2.05. The van der Waals surface area contributed by atoms with E-state index >= 15 is 0 Å². The molecule has 1 saturated carbocycles. The fourth-order valence-corrected chi connectivity index (χ4v) is 2.67. The molecule has 2 rings (SSSR count). The molecule has 0 aromatic heterocycles. The standard InChI is InChI=1S/C13H23N3O2/c1-13(2,12(18)14-3)16-8-4-5-10(16)11(17)15-9-6-7-9/h9-10H,4-8H2,1-3H3,(H,14,18)(H,15,17)/t10-/m0/s1. The van der Waals surface area contributed by atoms with Crippen LogP contribution >= 0.6 is 0 Å². The minimum Gasteiger partial charge on any atom is -0.358 e. The van der Waals surface area contributed by atoms with Gasteiger partial charge in [0.1, 0.15) is 0 Å². The Hall–Kier alpha value is -1.10. The van der Waals surface area contributed by atoms with E-state index in [0.717, 1.165) is 32.2 Å². The summed E-state index contributed by atoms with van der Waals surface area (Å²) in [6.07, 6.45) is 4.01. The first-order valence-corrected chi connectivity index (χ1v) is 6.76. The van der Waals surface area contributed by atoms with Crippen LogP contribution in [0, 0.1) is 0 Å². The van der Waals surface area contributed by atoms with Crippen molar-refractivity contribution in [2.75, 3.05) is 13.6 Å². The van der Waals surface area contributed by atoms with Gasteiger partial charge < -0.3 is 10.6 Å². The number of carbonyl (C=O) groups excluding carboxylic acids is 2. The van der Waals surface area contributed by atoms with Crippen LogP contribution in [0.3, 0.4) is 0 Å². The highest BCUT2D eigenvalue weighted by atomic mass is 16.2. The molecule has 2 aliphatic rings. The molecule has 0 aromatic rings. The predicted molar refractivity (Wildman–Crippen MR) is 69.0 cm³/mol. The Morgan fingerprint density at radius 2 is 1.89 bits per heavy atom. The third kappa shape index (κ3) is 2.51. The first kappa shape index (κ1) is 13.3. The molecule has 2 N–H and O–H groups in total. The van der Waals surface area contributed by atoms with Crippen LogP contribution in [-0.4, -0.2) is 47.9 Å². The molecule has 0 spiro atoms. The summed E-state index contributed by atoms with van der Waals surface area (Å²) in [4.78, 5) is 26.1. The predicted octanol–water partition coefficient (Wildman–Crippen LogP) is 0.254. The average Bonchev–Trinajstić information content (AvgIpc) is 2.99. The summed E-state index contributed by atoms with van der Waals surface area (Å²) in [6.45, 7) is 4.58. The van der Waals surface area contributed by atoms with E-state index in [4.69, 9.17) is 0 Å². The second-order valence-electron chi connectivity index (χ2n) is 5.77. The van der Waals surface area contributed by atoms with E-state index in [2.05, 4.69) is 10.6 Å². The molecule has 5 heteroatoms. The van der Waals surface area contributed by atoms with Gasteiger partial charge in [-0.2, -0.15) is 0 Å². The van der Waals surface area contributed by atoms with Crippen LogP contribution in [0.2, 0.25) is 0 Å². The van der Waals surface area contributed by atoms with Gasteiger partial charge in [-0.25, -0.2) is 0 Å². The average molecular weight is 253 g/mol. The number of nitrogens with one attached hydrogen (secondary N) is 2. The number of carbonyl (C=O) groups is 2. The number of amides is 2. The van der Waals surface area contributed by atoms with Crippen molar-refractivity contribution in [2.45, 2.75) is 57.2 Å². The molecule has 1 aliphatic heterocycles. The lowest BCUT2D eigenvalue weighted by Crippen LogP contribution is -2.59. The van der Waals surface area contributed by atoms with Gasteiger partial charge in [0.05, 0.1) is 11.6 Å². The van der Waals surface area contributed by atoms with E-state index < -0.39 is 5.54 Å². The van der Waals surface area contributed by atoms with Gasteiger partial charge in [0.2, 0.25) is 11.8 Å². The highest BCUT2D eigenvalue weighted by Crippen LogP contribution is 2.28. The molecule has 1 atom stereocenters. The van der Waals surface area contributed by atoms with E-state index in [9.17, 15) is 9.59 Å². The topological polar surface area (TPSA) is 61.4 Å². The van der Waals surface area contributed by atoms with Crippen LogP contribution in [0.25, 0.3) is 0 Å². The third-order valence-corrected chi connectivity index (χ3v) is 3.98. The van der Waals surface area contributed by atoms with Gasteiger partial charge in [-0.15, -0.1) is 0 Å². The van der Waals surface area contributed by atoms with Gasteiger partial charge in [-0.05, 0) is 39.5 Å². The molecule has 1 aliphatic carbocycles. The van der Waals surface area contributed by atoms with Crippen molar-refractivity contribution >= 4 is 11.8 Å². The van der Waals surface area contributed by atoms with Crippen LogP contribution < -0.4 is 10.6 Å². The smallest absolute Gasteiger partial charge is 0.239 e. The maximum Gasteiger partial charge on any atom is 0.239 e. The zero-order valence-corrected chi connectivity index (χ0v) is 11.5. The van der Waals surface area contributed by atoms with Crippen molar-refractivity contribution in [2.24, 2.45) is 0 Å². The largest absolute Gasteiger partial charge is 0.358 e. The number of hydrogen-bond acceptors (Lipinski definition) is 3. The molecule has 0 aromatic carbocycles. The summed E-state index contributed by atoms with van der Waals surface area (Å²) in [5.41, 5.74) is -0.628. The number of nitrogens with zero attached hydrogens (tertiary/aromatic N) is 1. The van der Waals surface area contributed by atoms with Crippen molar-refractivity contribution in [1.82, 2.24) is 15.5 Å². The highest BCUT2D eigenvalue weighted by Gasteiger charge is 2.44. The van der Waals surface area contributed by atoms with Gasteiger partial charge in [0.15, 0.2) is 0 Å². The van der Waals surface area contributed by atoms with Crippen LogP contribution in [0.5, 0.6) is 0 Å². The number of likely N-dealkylation sites (tertiary alicyclic amines) is 1. The Kier molecular flexibility index (Phi) is 3.61. The zero-order valence-electron chi connectivity index (χ0n) is 11.5. The first-order valence-electron chi connectivity index (χ1n) is 6.76. The van der Waals surface area contributed by atoms with Gasteiger partial charge in [0, 0.05) is 19.6 Å². The lowest BCUT2D eigenvalue weighted by Gasteiger charge is -2.37. The Labute approximate surface area is 108 Å². The zero-order chi connectivity index (χ0) is 13.3. The highest BCUT2D eigenvalue weighted by molar-refractivity contribution is 5.88. The van der Waals surface area contributed by atoms with Crippen molar-refractivity contribution in [1.29, 1.82) is 0 Å². The van der Waals surface area contributed by atoms with E-state index in [-0.39, 0.29) is 17.9 Å². The fraction of sp³-hybridized carbons (Fsp3) is 0.846. The van der Waals surface area contributed by atoms with Crippen molar-refractivity contribution < 1.29 is 9.59 Å². The minimum atomic E-state index is -0.628. The first-order chi connectivity index (χ1) is 8.46. The van der Waals surface area contributed by atoms with Crippen LogP contribution in [0.1, 0.15) is 39.5 Å². The molecular formula is C13H23N3O2. The Morgan fingerprint density at radius 3 is 2.44 bits per heavy atom. The van der Waals surface area contributed by atoms with Crippen molar-refractivity contribution in [3.05, 3.63) is 0 Å². The second kappa shape index (κ2) is 4.88. The number of likely N-dealkylation sites (N-methyl/N-ethyl adjacent to an activating group) is 1. The number of hydrogen-bond donors (Lipinski definition) is 2.